The summed E-state index contributed by atoms with van der Waals surface area (Å²) in [5.74, 6) is 1.51. The number of hydrogen-bond acceptors (Lipinski definition) is 3. The van der Waals surface area contributed by atoms with Crippen LogP contribution in [0, 0.1) is 5.92 Å². The summed E-state index contributed by atoms with van der Waals surface area (Å²) in [5, 5.41) is 6.45. The highest BCUT2D eigenvalue weighted by Crippen LogP contribution is 2.32. The van der Waals surface area contributed by atoms with Crippen LogP contribution in [0.4, 0.5) is 11.4 Å². The van der Waals surface area contributed by atoms with Crippen LogP contribution in [0.5, 0.6) is 5.75 Å². The number of amides is 1. The number of fused-ring (bicyclic) bond motifs is 1. The highest BCUT2D eigenvalue weighted by molar-refractivity contribution is 5.96. The van der Waals surface area contributed by atoms with Gasteiger partial charge in [-0.1, -0.05) is 19.8 Å². The number of benzene rings is 1. The fourth-order valence-electron chi connectivity index (χ4n) is 3.04. The van der Waals surface area contributed by atoms with Crippen LogP contribution in [0.3, 0.4) is 0 Å². The van der Waals surface area contributed by atoms with Gasteiger partial charge in [-0.2, -0.15) is 0 Å². The first-order chi connectivity index (χ1) is 9.70. The Morgan fingerprint density at radius 3 is 3.05 bits per heavy atom. The molecule has 1 amide bonds. The van der Waals surface area contributed by atoms with Crippen molar-refractivity contribution >= 4 is 17.3 Å². The molecule has 2 atom stereocenters. The van der Waals surface area contributed by atoms with Gasteiger partial charge in [0.25, 0.3) is 5.91 Å². The molecule has 0 spiro atoms. The number of carbonyl (C=O) groups excluding carboxylic acids is 1. The Morgan fingerprint density at radius 2 is 2.15 bits per heavy atom. The minimum atomic E-state index is -0.0852. The fourth-order valence-corrected chi connectivity index (χ4v) is 3.04. The summed E-state index contributed by atoms with van der Waals surface area (Å²) >= 11 is 0. The average molecular weight is 274 g/mol. The molecule has 20 heavy (non-hydrogen) atoms. The second kappa shape index (κ2) is 5.73. The molecule has 1 fully saturated rings. The molecule has 1 aliphatic heterocycles. The second-order valence-corrected chi connectivity index (χ2v) is 6.00. The van der Waals surface area contributed by atoms with E-state index in [-0.39, 0.29) is 12.5 Å². The van der Waals surface area contributed by atoms with Gasteiger partial charge < -0.3 is 15.4 Å². The molecule has 1 aliphatic carbocycles. The first-order valence-electron chi connectivity index (χ1n) is 7.54. The molecule has 1 aromatic rings. The summed E-state index contributed by atoms with van der Waals surface area (Å²) in [4.78, 5) is 11.4. The number of ether oxygens (including phenoxy) is 1. The topological polar surface area (TPSA) is 50.4 Å². The standard InChI is InChI=1S/C16H22N2O2/c1-11-3-2-4-12(6-5-11)17-13-7-8-15-14(9-13)18-16(19)10-20-15/h7-9,11-12,17H,2-6,10H2,1H3,(H,18,19). The first-order valence-corrected chi connectivity index (χ1v) is 7.54. The number of nitrogens with one attached hydrogen (secondary N) is 2. The van der Waals surface area contributed by atoms with E-state index in [1.807, 2.05) is 18.2 Å². The Labute approximate surface area is 119 Å². The molecule has 0 aromatic heterocycles. The second-order valence-electron chi connectivity index (χ2n) is 6.00. The molecule has 2 unspecified atom stereocenters. The number of rotatable bonds is 2. The Kier molecular flexibility index (Phi) is 3.81. The lowest BCUT2D eigenvalue weighted by atomic mass is 10.0. The SMILES string of the molecule is CC1CCCC(Nc2ccc3c(c2)NC(=O)CO3)CC1. The van der Waals surface area contributed by atoms with Crippen molar-refractivity contribution in [2.75, 3.05) is 17.2 Å². The van der Waals surface area contributed by atoms with Gasteiger partial charge in [0.2, 0.25) is 0 Å². The minimum absolute atomic E-state index is 0.0852. The molecule has 4 heteroatoms. The fraction of sp³-hybridized carbons (Fsp3) is 0.562. The van der Waals surface area contributed by atoms with Crippen LogP contribution in [0.25, 0.3) is 0 Å². The zero-order chi connectivity index (χ0) is 13.9. The van der Waals surface area contributed by atoms with Gasteiger partial charge in [0.1, 0.15) is 5.75 Å². The van der Waals surface area contributed by atoms with Crippen molar-refractivity contribution < 1.29 is 9.53 Å². The van der Waals surface area contributed by atoms with Crippen LogP contribution in [0.15, 0.2) is 18.2 Å². The van der Waals surface area contributed by atoms with E-state index in [4.69, 9.17) is 4.74 Å². The van der Waals surface area contributed by atoms with Crippen LogP contribution in [-0.2, 0) is 4.79 Å². The molecule has 0 saturated heterocycles. The molecule has 4 nitrogen and oxygen atoms in total. The average Bonchev–Trinajstić information content (AvgIpc) is 2.63. The van der Waals surface area contributed by atoms with E-state index < -0.39 is 0 Å². The smallest absolute Gasteiger partial charge is 0.262 e. The Hall–Kier alpha value is -1.71. The summed E-state index contributed by atoms with van der Waals surface area (Å²) in [7, 11) is 0. The van der Waals surface area contributed by atoms with Crippen LogP contribution in [-0.4, -0.2) is 18.6 Å². The molecule has 2 N–H and O–H groups in total. The van der Waals surface area contributed by atoms with E-state index in [9.17, 15) is 4.79 Å². The van der Waals surface area contributed by atoms with Gasteiger partial charge in [0.15, 0.2) is 6.61 Å². The van der Waals surface area contributed by atoms with Gasteiger partial charge in [-0.05, 0) is 43.4 Å². The molecule has 0 radical (unpaired) electrons. The number of carbonyl (C=O) groups is 1. The molecule has 1 heterocycles. The maximum atomic E-state index is 11.4. The van der Waals surface area contributed by atoms with Crippen molar-refractivity contribution in [3.63, 3.8) is 0 Å². The third-order valence-electron chi connectivity index (χ3n) is 4.24. The van der Waals surface area contributed by atoms with E-state index in [1.165, 1.54) is 32.1 Å². The summed E-state index contributed by atoms with van der Waals surface area (Å²) < 4.78 is 5.37. The molecular weight excluding hydrogens is 252 g/mol. The summed E-state index contributed by atoms with van der Waals surface area (Å²) in [6.45, 7) is 2.45. The third-order valence-corrected chi connectivity index (χ3v) is 4.24. The monoisotopic (exact) mass is 274 g/mol. The predicted molar refractivity (Wildman–Crippen MR) is 80.2 cm³/mol. The van der Waals surface area contributed by atoms with Gasteiger partial charge in [0.05, 0.1) is 5.69 Å². The van der Waals surface area contributed by atoms with Gasteiger partial charge in [-0.15, -0.1) is 0 Å². The van der Waals surface area contributed by atoms with Crippen LogP contribution < -0.4 is 15.4 Å². The first kappa shape index (κ1) is 13.3. The Bertz CT molecular complexity index is 501. The van der Waals surface area contributed by atoms with E-state index in [2.05, 4.69) is 17.6 Å². The lowest BCUT2D eigenvalue weighted by molar-refractivity contribution is -0.118. The van der Waals surface area contributed by atoms with Crippen molar-refractivity contribution in [1.29, 1.82) is 0 Å². The Morgan fingerprint density at radius 1 is 1.25 bits per heavy atom. The molecular formula is C16H22N2O2. The van der Waals surface area contributed by atoms with Gasteiger partial charge in [0, 0.05) is 11.7 Å². The lowest BCUT2D eigenvalue weighted by Crippen LogP contribution is -2.25. The number of hydrogen-bond donors (Lipinski definition) is 2. The molecule has 1 saturated carbocycles. The van der Waals surface area contributed by atoms with Crippen LogP contribution in [0.1, 0.15) is 39.0 Å². The number of anilines is 2. The van der Waals surface area contributed by atoms with Crippen molar-refractivity contribution in [3.8, 4) is 5.75 Å². The molecule has 2 aliphatic rings. The van der Waals surface area contributed by atoms with Crippen molar-refractivity contribution in [1.82, 2.24) is 0 Å². The van der Waals surface area contributed by atoms with E-state index in [0.29, 0.717) is 6.04 Å². The predicted octanol–water partition coefficient (Wildman–Crippen LogP) is 3.40. The van der Waals surface area contributed by atoms with E-state index in [1.54, 1.807) is 0 Å². The van der Waals surface area contributed by atoms with Gasteiger partial charge in [-0.25, -0.2) is 0 Å². The van der Waals surface area contributed by atoms with Crippen LogP contribution in [0.2, 0.25) is 0 Å². The van der Waals surface area contributed by atoms with Crippen molar-refractivity contribution in [2.24, 2.45) is 5.92 Å². The quantitative estimate of drug-likeness (QED) is 0.813. The maximum absolute atomic E-state index is 11.4. The largest absolute Gasteiger partial charge is 0.482 e. The highest BCUT2D eigenvalue weighted by atomic mass is 16.5. The zero-order valence-corrected chi connectivity index (χ0v) is 11.9. The lowest BCUT2D eigenvalue weighted by Gasteiger charge is -2.21. The van der Waals surface area contributed by atoms with Gasteiger partial charge >= 0.3 is 0 Å². The van der Waals surface area contributed by atoms with E-state index >= 15 is 0 Å². The van der Waals surface area contributed by atoms with E-state index in [0.717, 1.165) is 23.0 Å². The normalized spacial score (nSPS) is 25.9. The molecule has 3 rings (SSSR count). The Balaban J connectivity index is 1.68. The summed E-state index contributed by atoms with van der Waals surface area (Å²) in [6.07, 6.45) is 6.38. The minimum Gasteiger partial charge on any atom is -0.482 e. The van der Waals surface area contributed by atoms with Crippen molar-refractivity contribution in [3.05, 3.63) is 18.2 Å². The molecule has 1 aromatic carbocycles. The molecule has 0 bridgehead atoms. The maximum Gasteiger partial charge on any atom is 0.262 e. The summed E-state index contributed by atoms with van der Waals surface area (Å²) in [5.41, 5.74) is 1.84. The van der Waals surface area contributed by atoms with Crippen molar-refractivity contribution in [2.45, 2.75) is 45.1 Å². The van der Waals surface area contributed by atoms with Crippen LogP contribution >= 0.6 is 0 Å². The molecule has 108 valence electrons. The van der Waals surface area contributed by atoms with Gasteiger partial charge in [-0.3, -0.25) is 4.79 Å². The highest BCUT2D eigenvalue weighted by Gasteiger charge is 2.18. The zero-order valence-electron chi connectivity index (χ0n) is 11.9. The summed E-state index contributed by atoms with van der Waals surface area (Å²) in [6, 6.07) is 6.47. The third kappa shape index (κ3) is 3.06.